The molecule has 0 aliphatic heterocycles. The van der Waals surface area contributed by atoms with Crippen LogP contribution in [0.2, 0.25) is 0 Å². The third-order valence-electron chi connectivity index (χ3n) is 2.65. The Labute approximate surface area is 118 Å². The minimum absolute atomic E-state index is 0.194. The number of halogens is 4. The maximum Gasteiger partial charge on any atom is 0.163 e. The Kier molecular flexibility index (Phi) is 4.36. The van der Waals surface area contributed by atoms with Crippen molar-refractivity contribution in [2.75, 3.05) is 0 Å². The molecule has 2 aromatic carbocycles. The van der Waals surface area contributed by atoms with Crippen molar-refractivity contribution in [2.45, 2.75) is 11.8 Å². The summed E-state index contributed by atoms with van der Waals surface area (Å²) < 4.78 is 27.6. The van der Waals surface area contributed by atoms with Crippen molar-refractivity contribution >= 4 is 27.5 Å². The summed E-state index contributed by atoms with van der Waals surface area (Å²) in [5.74, 6) is -1.73. The van der Waals surface area contributed by atoms with Gasteiger partial charge in [0.25, 0.3) is 0 Å². The Morgan fingerprint density at radius 2 is 1.72 bits per heavy atom. The van der Waals surface area contributed by atoms with Crippen LogP contribution in [0.15, 0.2) is 46.9 Å². The smallest absolute Gasteiger partial charge is 0.163 e. The second kappa shape index (κ2) is 5.81. The lowest BCUT2D eigenvalue weighted by molar-refractivity contribution is 0.497. The average Bonchev–Trinajstić information content (AvgIpc) is 2.35. The summed E-state index contributed by atoms with van der Waals surface area (Å²) >= 11 is 9.47. The summed E-state index contributed by atoms with van der Waals surface area (Å²) in [5.41, 5.74) is 1.17. The topological polar surface area (TPSA) is 0 Å². The van der Waals surface area contributed by atoms with Gasteiger partial charge in [0.2, 0.25) is 0 Å². The number of alkyl halides is 1. The van der Waals surface area contributed by atoms with Crippen LogP contribution in [0.3, 0.4) is 0 Å². The van der Waals surface area contributed by atoms with Gasteiger partial charge in [-0.2, -0.15) is 0 Å². The van der Waals surface area contributed by atoms with Gasteiger partial charge >= 0.3 is 0 Å². The van der Waals surface area contributed by atoms with Crippen molar-refractivity contribution in [3.8, 4) is 0 Å². The molecule has 94 valence electrons. The molecular weight excluding hydrogens is 322 g/mol. The number of hydrogen-bond acceptors (Lipinski definition) is 0. The first kappa shape index (κ1) is 13.5. The average molecular weight is 332 g/mol. The zero-order chi connectivity index (χ0) is 13.1. The second-order valence-electron chi connectivity index (χ2n) is 3.94. The minimum atomic E-state index is -0.867. The molecule has 0 saturated carbocycles. The van der Waals surface area contributed by atoms with Crippen LogP contribution >= 0.6 is 27.5 Å². The monoisotopic (exact) mass is 330 g/mol. The van der Waals surface area contributed by atoms with Crippen LogP contribution in [0, 0.1) is 11.6 Å². The van der Waals surface area contributed by atoms with Gasteiger partial charge in [0.15, 0.2) is 11.6 Å². The highest BCUT2D eigenvalue weighted by Gasteiger charge is 2.16. The van der Waals surface area contributed by atoms with E-state index in [0.29, 0.717) is 6.42 Å². The highest BCUT2D eigenvalue weighted by atomic mass is 79.9. The number of hydrogen-bond donors (Lipinski definition) is 0. The normalized spacial score (nSPS) is 12.4. The maximum absolute atomic E-state index is 13.6. The van der Waals surface area contributed by atoms with Crippen LogP contribution in [0.4, 0.5) is 8.78 Å². The Balaban J connectivity index is 2.19. The van der Waals surface area contributed by atoms with E-state index in [9.17, 15) is 8.78 Å². The van der Waals surface area contributed by atoms with Gasteiger partial charge in [0.05, 0.1) is 5.38 Å². The molecular formula is C14H10BrClF2. The SMILES string of the molecule is Fc1cccc(C(Cl)Cc2ccc(Br)cc2)c1F. The van der Waals surface area contributed by atoms with Gasteiger partial charge < -0.3 is 0 Å². The van der Waals surface area contributed by atoms with Gasteiger partial charge in [0, 0.05) is 10.0 Å². The van der Waals surface area contributed by atoms with Crippen LogP contribution in [0.25, 0.3) is 0 Å². The molecule has 0 aromatic heterocycles. The van der Waals surface area contributed by atoms with E-state index in [1.165, 1.54) is 12.1 Å². The van der Waals surface area contributed by atoms with Crippen molar-refractivity contribution < 1.29 is 8.78 Å². The van der Waals surface area contributed by atoms with E-state index < -0.39 is 17.0 Å². The summed E-state index contributed by atoms with van der Waals surface area (Å²) in [7, 11) is 0. The van der Waals surface area contributed by atoms with E-state index in [1.54, 1.807) is 0 Å². The molecule has 0 spiro atoms. The zero-order valence-electron chi connectivity index (χ0n) is 9.34. The third kappa shape index (κ3) is 3.09. The fraction of sp³-hybridized carbons (Fsp3) is 0.143. The lowest BCUT2D eigenvalue weighted by Crippen LogP contribution is -2.01. The second-order valence-corrected chi connectivity index (χ2v) is 5.38. The van der Waals surface area contributed by atoms with Gasteiger partial charge in [-0.25, -0.2) is 8.78 Å². The van der Waals surface area contributed by atoms with E-state index in [4.69, 9.17) is 11.6 Å². The molecule has 1 unspecified atom stereocenters. The highest BCUT2D eigenvalue weighted by Crippen LogP contribution is 2.28. The molecule has 4 heteroatoms. The van der Waals surface area contributed by atoms with Crippen LogP contribution in [-0.4, -0.2) is 0 Å². The number of rotatable bonds is 3. The van der Waals surface area contributed by atoms with E-state index >= 15 is 0 Å². The summed E-state index contributed by atoms with van der Waals surface area (Å²) in [6.07, 6.45) is 0.454. The lowest BCUT2D eigenvalue weighted by atomic mass is 10.0. The molecule has 0 radical (unpaired) electrons. The summed E-state index contributed by atoms with van der Waals surface area (Å²) in [6.45, 7) is 0. The predicted octanol–water partition coefficient (Wildman–Crippen LogP) is 5.25. The van der Waals surface area contributed by atoms with Crippen LogP contribution in [0.5, 0.6) is 0 Å². The first-order valence-corrected chi connectivity index (χ1v) is 6.63. The van der Waals surface area contributed by atoms with E-state index in [1.807, 2.05) is 24.3 Å². The molecule has 0 amide bonds. The van der Waals surface area contributed by atoms with E-state index in [-0.39, 0.29) is 5.56 Å². The lowest BCUT2D eigenvalue weighted by Gasteiger charge is -2.11. The standard InChI is InChI=1S/C14H10BrClF2/c15-10-6-4-9(5-7-10)8-12(16)11-2-1-3-13(17)14(11)18/h1-7,12H,8H2. The molecule has 1 atom stereocenters. The molecule has 0 aliphatic carbocycles. The van der Waals surface area contributed by atoms with Gasteiger partial charge in [-0.05, 0) is 30.2 Å². The Morgan fingerprint density at radius 1 is 1.06 bits per heavy atom. The minimum Gasteiger partial charge on any atom is -0.204 e. The van der Waals surface area contributed by atoms with Crippen LogP contribution in [-0.2, 0) is 6.42 Å². The van der Waals surface area contributed by atoms with Gasteiger partial charge in [-0.3, -0.25) is 0 Å². The largest absolute Gasteiger partial charge is 0.204 e. The summed E-state index contributed by atoms with van der Waals surface area (Å²) in [4.78, 5) is 0. The van der Waals surface area contributed by atoms with Crippen LogP contribution < -0.4 is 0 Å². The molecule has 0 heterocycles. The van der Waals surface area contributed by atoms with E-state index in [0.717, 1.165) is 16.1 Å². The highest BCUT2D eigenvalue weighted by molar-refractivity contribution is 9.10. The molecule has 0 fully saturated rings. The molecule has 0 nitrogen and oxygen atoms in total. The van der Waals surface area contributed by atoms with Gasteiger partial charge in [-0.15, -0.1) is 11.6 Å². The quantitative estimate of drug-likeness (QED) is 0.674. The van der Waals surface area contributed by atoms with Crippen molar-refractivity contribution in [1.82, 2.24) is 0 Å². The molecule has 0 saturated heterocycles. The predicted molar refractivity (Wildman–Crippen MR) is 72.8 cm³/mol. The Morgan fingerprint density at radius 3 is 2.39 bits per heavy atom. The molecule has 0 aliphatic rings. The molecule has 18 heavy (non-hydrogen) atoms. The molecule has 0 N–H and O–H groups in total. The van der Waals surface area contributed by atoms with E-state index in [2.05, 4.69) is 15.9 Å². The Bertz CT molecular complexity index is 540. The van der Waals surface area contributed by atoms with Crippen molar-refractivity contribution in [3.05, 3.63) is 69.7 Å². The zero-order valence-corrected chi connectivity index (χ0v) is 11.7. The summed E-state index contributed by atoms with van der Waals surface area (Å²) in [5, 5.41) is -0.582. The molecule has 2 rings (SSSR count). The Hall–Kier alpha value is -0.930. The van der Waals surface area contributed by atoms with Crippen molar-refractivity contribution in [1.29, 1.82) is 0 Å². The van der Waals surface area contributed by atoms with Crippen LogP contribution in [0.1, 0.15) is 16.5 Å². The van der Waals surface area contributed by atoms with Crippen molar-refractivity contribution in [2.24, 2.45) is 0 Å². The van der Waals surface area contributed by atoms with Gasteiger partial charge in [0.1, 0.15) is 0 Å². The number of benzene rings is 2. The first-order chi connectivity index (χ1) is 8.58. The first-order valence-electron chi connectivity index (χ1n) is 5.40. The maximum atomic E-state index is 13.6. The third-order valence-corrected chi connectivity index (χ3v) is 3.57. The fourth-order valence-corrected chi connectivity index (χ4v) is 2.31. The summed E-state index contributed by atoms with van der Waals surface area (Å²) in [6, 6.07) is 11.6. The fourth-order valence-electron chi connectivity index (χ4n) is 1.70. The van der Waals surface area contributed by atoms with Gasteiger partial charge in [-0.1, -0.05) is 40.2 Å². The molecule has 2 aromatic rings. The molecule has 0 bridgehead atoms. The van der Waals surface area contributed by atoms with Crippen molar-refractivity contribution in [3.63, 3.8) is 0 Å².